The van der Waals surface area contributed by atoms with Gasteiger partial charge in [0.1, 0.15) is 0 Å². The fraction of sp³-hybridized carbons (Fsp3) is 0.750. The molecule has 0 bridgehead atoms. The lowest BCUT2D eigenvalue weighted by atomic mass is 9.93. The fourth-order valence-corrected chi connectivity index (χ4v) is 2.26. The molecule has 1 aromatic rings. The topological polar surface area (TPSA) is 39.1 Å². The van der Waals surface area contributed by atoms with E-state index in [0.29, 0.717) is 18.8 Å². The molecule has 1 N–H and O–H groups in total. The van der Waals surface area contributed by atoms with Crippen molar-refractivity contribution in [1.29, 1.82) is 0 Å². The molecule has 1 saturated carbocycles. The van der Waals surface area contributed by atoms with E-state index in [1.165, 1.54) is 25.7 Å². The second-order valence-electron chi connectivity index (χ2n) is 4.55. The number of hydrogen-bond acceptors (Lipinski definition) is 3. The molecule has 1 fully saturated rings. The van der Waals surface area contributed by atoms with Crippen molar-refractivity contribution < 1.29 is 4.74 Å². The smallest absolute Gasteiger partial charge is 0.0910 e. The lowest BCUT2D eigenvalue weighted by molar-refractivity contribution is 0.0101. The average Bonchev–Trinajstić information content (AvgIpc) is 2.73. The van der Waals surface area contributed by atoms with E-state index in [2.05, 4.69) is 10.4 Å². The van der Waals surface area contributed by atoms with Crippen molar-refractivity contribution in [2.75, 3.05) is 7.05 Å². The van der Waals surface area contributed by atoms with E-state index in [1.54, 1.807) is 0 Å². The molecule has 0 unspecified atom stereocenters. The second kappa shape index (κ2) is 5.46. The van der Waals surface area contributed by atoms with Crippen molar-refractivity contribution in [2.24, 2.45) is 7.05 Å². The van der Waals surface area contributed by atoms with Crippen LogP contribution in [0.25, 0.3) is 0 Å². The van der Waals surface area contributed by atoms with Crippen LogP contribution in [0.5, 0.6) is 0 Å². The van der Waals surface area contributed by atoms with Gasteiger partial charge in [0.25, 0.3) is 0 Å². The van der Waals surface area contributed by atoms with Gasteiger partial charge in [0.2, 0.25) is 0 Å². The van der Waals surface area contributed by atoms with Crippen LogP contribution < -0.4 is 5.32 Å². The van der Waals surface area contributed by atoms with Crippen molar-refractivity contribution >= 4 is 0 Å². The summed E-state index contributed by atoms with van der Waals surface area (Å²) >= 11 is 0. The normalized spacial score (nSPS) is 25.9. The first-order chi connectivity index (χ1) is 7.78. The highest BCUT2D eigenvalue weighted by atomic mass is 16.5. The molecule has 4 heteroatoms. The number of hydrogen-bond donors (Lipinski definition) is 1. The minimum atomic E-state index is 0.423. The third kappa shape index (κ3) is 3.06. The van der Waals surface area contributed by atoms with Gasteiger partial charge in [0.05, 0.1) is 18.4 Å². The summed E-state index contributed by atoms with van der Waals surface area (Å²) < 4.78 is 7.69. The maximum atomic E-state index is 5.87. The quantitative estimate of drug-likeness (QED) is 0.840. The first kappa shape index (κ1) is 11.6. The van der Waals surface area contributed by atoms with Crippen LogP contribution in [0.3, 0.4) is 0 Å². The van der Waals surface area contributed by atoms with Gasteiger partial charge < -0.3 is 10.1 Å². The van der Waals surface area contributed by atoms with Crippen LogP contribution >= 0.6 is 0 Å². The van der Waals surface area contributed by atoms with Gasteiger partial charge in [-0.2, -0.15) is 5.10 Å². The number of nitrogens with zero attached hydrogens (tertiary/aromatic N) is 2. The van der Waals surface area contributed by atoms with Gasteiger partial charge in [-0.1, -0.05) is 0 Å². The minimum Gasteiger partial charge on any atom is -0.372 e. The number of nitrogens with one attached hydrogen (secondary N) is 1. The molecule has 16 heavy (non-hydrogen) atoms. The number of rotatable bonds is 4. The van der Waals surface area contributed by atoms with Gasteiger partial charge in [0.15, 0.2) is 0 Å². The predicted molar refractivity (Wildman–Crippen MR) is 63.1 cm³/mol. The molecule has 1 aliphatic rings. The van der Waals surface area contributed by atoms with Gasteiger partial charge in [0, 0.05) is 19.3 Å². The SMILES string of the molecule is CNC1CCC(OCc2ccn(C)n2)CC1. The summed E-state index contributed by atoms with van der Waals surface area (Å²) in [6.45, 7) is 0.649. The molecule has 1 aromatic heterocycles. The van der Waals surface area contributed by atoms with Crippen LogP contribution in [0.4, 0.5) is 0 Å². The van der Waals surface area contributed by atoms with E-state index in [-0.39, 0.29) is 0 Å². The summed E-state index contributed by atoms with van der Waals surface area (Å²) in [5.74, 6) is 0. The van der Waals surface area contributed by atoms with Crippen LogP contribution in [0.2, 0.25) is 0 Å². The van der Waals surface area contributed by atoms with Crippen molar-refractivity contribution in [3.63, 3.8) is 0 Å². The third-order valence-electron chi connectivity index (χ3n) is 3.32. The summed E-state index contributed by atoms with van der Waals surface area (Å²) in [4.78, 5) is 0. The highest BCUT2D eigenvalue weighted by Crippen LogP contribution is 2.21. The van der Waals surface area contributed by atoms with Gasteiger partial charge in [-0.15, -0.1) is 0 Å². The van der Waals surface area contributed by atoms with E-state index < -0.39 is 0 Å². The van der Waals surface area contributed by atoms with Crippen LogP contribution in [0, 0.1) is 0 Å². The van der Waals surface area contributed by atoms with Gasteiger partial charge in [-0.3, -0.25) is 4.68 Å². The first-order valence-electron chi connectivity index (χ1n) is 6.05. The molecule has 0 atom stereocenters. The summed E-state index contributed by atoms with van der Waals surface area (Å²) in [6, 6.07) is 2.70. The molecule has 1 aliphatic carbocycles. The van der Waals surface area contributed by atoms with Gasteiger partial charge in [-0.05, 0) is 38.8 Å². The Morgan fingerprint density at radius 1 is 1.44 bits per heavy atom. The number of aromatic nitrogens is 2. The standard InChI is InChI=1S/C12H21N3O/c1-13-10-3-5-12(6-4-10)16-9-11-7-8-15(2)14-11/h7-8,10,12-13H,3-6,9H2,1-2H3. The van der Waals surface area contributed by atoms with Crippen LogP contribution in [0.1, 0.15) is 31.4 Å². The van der Waals surface area contributed by atoms with Crippen LogP contribution in [-0.2, 0) is 18.4 Å². The van der Waals surface area contributed by atoms with Crippen molar-refractivity contribution in [1.82, 2.24) is 15.1 Å². The fourth-order valence-electron chi connectivity index (χ4n) is 2.26. The largest absolute Gasteiger partial charge is 0.372 e. The van der Waals surface area contributed by atoms with Crippen molar-refractivity contribution in [3.8, 4) is 0 Å². The Balaban J connectivity index is 1.71. The van der Waals surface area contributed by atoms with Gasteiger partial charge >= 0.3 is 0 Å². The summed E-state index contributed by atoms with van der Waals surface area (Å²) in [6.07, 6.45) is 7.16. The first-order valence-corrected chi connectivity index (χ1v) is 6.05. The number of aryl methyl sites for hydroxylation is 1. The Bertz CT molecular complexity index is 316. The average molecular weight is 223 g/mol. The molecule has 0 aliphatic heterocycles. The maximum absolute atomic E-state index is 5.87. The minimum absolute atomic E-state index is 0.423. The highest BCUT2D eigenvalue weighted by Gasteiger charge is 2.20. The van der Waals surface area contributed by atoms with Gasteiger partial charge in [-0.25, -0.2) is 0 Å². The lowest BCUT2D eigenvalue weighted by Gasteiger charge is -2.28. The highest BCUT2D eigenvalue weighted by molar-refractivity contribution is 4.96. The zero-order chi connectivity index (χ0) is 11.4. The van der Waals surface area contributed by atoms with Crippen molar-refractivity contribution in [2.45, 2.75) is 44.4 Å². The van der Waals surface area contributed by atoms with E-state index >= 15 is 0 Å². The molecule has 0 spiro atoms. The summed E-state index contributed by atoms with van der Waals surface area (Å²) in [5, 5.41) is 7.64. The Kier molecular flexibility index (Phi) is 3.96. The Morgan fingerprint density at radius 2 is 2.19 bits per heavy atom. The zero-order valence-corrected chi connectivity index (χ0v) is 10.1. The second-order valence-corrected chi connectivity index (χ2v) is 4.55. The molecule has 90 valence electrons. The molecule has 0 amide bonds. The molecule has 0 aromatic carbocycles. The van der Waals surface area contributed by atoms with E-state index in [1.807, 2.05) is 31.0 Å². The van der Waals surface area contributed by atoms with Crippen LogP contribution in [-0.4, -0.2) is 29.0 Å². The number of ether oxygens (including phenoxy) is 1. The van der Waals surface area contributed by atoms with E-state index in [9.17, 15) is 0 Å². The van der Waals surface area contributed by atoms with Crippen LogP contribution in [0.15, 0.2) is 12.3 Å². The monoisotopic (exact) mass is 223 g/mol. The lowest BCUT2D eigenvalue weighted by Crippen LogP contribution is -2.32. The molecule has 4 nitrogen and oxygen atoms in total. The third-order valence-corrected chi connectivity index (χ3v) is 3.32. The molecule has 1 heterocycles. The van der Waals surface area contributed by atoms with E-state index in [0.717, 1.165) is 5.69 Å². The summed E-state index contributed by atoms with van der Waals surface area (Å²) in [7, 11) is 3.97. The van der Waals surface area contributed by atoms with Crippen molar-refractivity contribution in [3.05, 3.63) is 18.0 Å². The zero-order valence-electron chi connectivity index (χ0n) is 10.1. The molecular formula is C12H21N3O. The Labute approximate surface area is 97.0 Å². The Morgan fingerprint density at radius 3 is 2.75 bits per heavy atom. The Hall–Kier alpha value is -0.870. The predicted octanol–water partition coefficient (Wildman–Crippen LogP) is 1.47. The molecular weight excluding hydrogens is 202 g/mol. The summed E-state index contributed by atoms with van der Waals surface area (Å²) in [5.41, 5.74) is 1.03. The molecule has 0 saturated heterocycles. The maximum Gasteiger partial charge on any atom is 0.0910 e. The van der Waals surface area contributed by atoms with E-state index in [4.69, 9.17) is 4.74 Å². The molecule has 0 radical (unpaired) electrons. The molecule has 2 rings (SSSR count).